The summed E-state index contributed by atoms with van der Waals surface area (Å²) in [6.07, 6.45) is 7.81. The van der Waals surface area contributed by atoms with E-state index in [9.17, 15) is 0 Å². The lowest BCUT2D eigenvalue weighted by Crippen LogP contribution is -2.31. The highest BCUT2D eigenvalue weighted by molar-refractivity contribution is 7.78. The number of thiocarbonyl (C=S) groups is 1. The standard InChI is InChI=1S/C12H13N2.CNS/c1-2-13-8-9-14(11-13)10-12-6-4-3-5-7-12;2-1-3/h2-9,11H,1,10H2;/q+1;-1. The van der Waals surface area contributed by atoms with Crippen LogP contribution in [-0.2, 0) is 6.54 Å². The first kappa shape index (κ1) is 13.0. The molecule has 0 atom stereocenters. The van der Waals surface area contributed by atoms with Gasteiger partial charge in [0.05, 0.1) is 6.20 Å². The van der Waals surface area contributed by atoms with Gasteiger partial charge in [0.15, 0.2) is 0 Å². The molecule has 4 heteroatoms. The van der Waals surface area contributed by atoms with Crippen LogP contribution in [0.2, 0.25) is 0 Å². The van der Waals surface area contributed by atoms with Crippen LogP contribution in [0.25, 0.3) is 11.6 Å². The molecule has 0 amide bonds. The van der Waals surface area contributed by atoms with Gasteiger partial charge in [-0.1, -0.05) is 49.1 Å². The van der Waals surface area contributed by atoms with Crippen molar-refractivity contribution in [1.29, 1.82) is 0 Å². The molecule has 1 heterocycles. The van der Waals surface area contributed by atoms with Crippen LogP contribution in [0.3, 0.4) is 0 Å². The normalized spacial score (nSPS) is 8.71. The molecular weight excluding hydrogens is 230 g/mol. The third-order valence-corrected chi connectivity index (χ3v) is 2.13. The van der Waals surface area contributed by atoms with Crippen molar-refractivity contribution in [3.8, 4) is 0 Å². The zero-order valence-electron chi connectivity index (χ0n) is 9.36. The highest BCUT2D eigenvalue weighted by atomic mass is 32.1. The lowest BCUT2D eigenvalue weighted by atomic mass is 10.2. The quantitative estimate of drug-likeness (QED) is 0.463. The molecule has 0 aliphatic heterocycles. The molecule has 2 rings (SSSR count). The molecule has 0 radical (unpaired) electrons. The van der Waals surface area contributed by atoms with Crippen molar-refractivity contribution in [2.75, 3.05) is 0 Å². The van der Waals surface area contributed by atoms with Crippen molar-refractivity contribution in [2.24, 2.45) is 0 Å². The Labute approximate surface area is 106 Å². The summed E-state index contributed by atoms with van der Waals surface area (Å²) in [5.74, 6) is 0. The maximum absolute atomic E-state index is 7.13. The third kappa shape index (κ3) is 4.55. The molecule has 1 aromatic heterocycles. The number of isothiocyanates is 1. The number of aromatic nitrogens is 2. The number of nitrogens with zero attached hydrogens (tertiary/aromatic N) is 3. The Morgan fingerprint density at radius 3 is 2.59 bits per heavy atom. The minimum absolute atomic E-state index is 0.904. The van der Waals surface area contributed by atoms with Crippen molar-refractivity contribution in [2.45, 2.75) is 6.54 Å². The van der Waals surface area contributed by atoms with Gasteiger partial charge in [-0.05, 0) is 5.56 Å². The van der Waals surface area contributed by atoms with Crippen LogP contribution in [0.5, 0.6) is 0 Å². The van der Waals surface area contributed by atoms with E-state index in [1.807, 2.05) is 29.4 Å². The lowest BCUT2D eigenvalue weighted by Gasteiger charge is -1.95. The van der Waals surface area contributed by atoms with Crippen LogP contribution < -0.4 is 4.57 Å². The summed E-state index contributed by atoms with van der Waals surface area (Å²) in [7, 11) is 0. The molecule has 1 aromatic carbocycles. The summed E-state index contributed by atoms with van der Waals surface area (Å²) in [4.78, 5) is 0. The first-order valence-electron chi connectivity index (χ1n) is 5.04. The fourth-order valence-corrected chi connectivity index (χ4v) is 1.41. The van der Waals surface area contributed by atoms with E-state index in [2.05, 4.69) is 47.6 Å². The highest BCUT2D eigenvalue weighted by Gasteiger charge is 2.00. The molecule has 2 aromatic rings. The second-order valence-electron chi connectivity index (χ2n) is 3.29. The summed E-state index contributed by atoms with van der Waals surface area (Å²) < 4.78 is 4.06. The summed E-state index contributed by atoms with van der Waals surface area (Å²) >= 11 is 3.70. The SMILES string of the molecule is C=Cn1cc[n+](Cc2ccccc2)c1.[N-]=C=S. The van der Waals surface area contributed by atoms with Gasteiger partial charge in [-0.3, -0.25) is 0 Å². The zero-order valence-corrected chi connectivity index (χ0v) is 10.2. The largest absolute Gasteiger partial charge is 0.753 e. The molecule has 0 aliphatic rings. The van der Waals surface area contributed by atoms with Crippen LogP contribution in [0, 0.1) is 0 Å². The Hall–Kier alpha value is -2.03. The molecule has 0 N–H and O–H groups in total. The van der Waals surface area contributed by atoms with Gasteiger partial charge in [-0.2, -0.15) is 5.16 Å². The summed E-state index contributed by atoms with van der Waals surface area (Å²) in [6, 6.07) is 10.4. The monoisotopic (exact) mass is 243 g/mol. The predicted molar refractivity (Wildman–Crippen MR) is 72.5 cm³/mol. The van der Waals surface area contributed by atoms with Crippen molar-refractivity contribution in [3.05, 3.63) is 66.6 Å². The van der Waals surface area contributed by atoms with Gasteiger partial charge < -0.3 is 5.41 Å². The van der Waals surface area contributed by atoms with Gasteiger partial charge in [-0.25, -0.2) is 9.13 Å². The molecule has 3 nitrogen and oxygen atoms in total. The number of rotatable bonds is 3. The Balaban J connectivity index is 0.000000437. The van der Waals surface area contributed by atoms with E-state index in [1.54, 1.807) is 6.20 Å². The number of hydrogen-bond acceptors (Lipinski definition) is 1. The van der Waals surface area contributed by atoms with Crippen LogP contribution in [0.15, 0.2) is 55.6 Å². The van der Waals surface area contributed by atoms with Crippen LogP contribution >= 0.6 is 12.2 Å². The Bertz CT molecular complexity index is 496. The topological polar surface area (TPSA) is 31.1 Å². The number of hydrogen-bond donors (Lipinski definition) is 0. The Kier molecular flexibility index (Phi) is 5.58. The average Bonchev–Trinajstić information content (AvgIpc) is 2.79. The average molecular weight is 243 g/mol. The minimum atomic E-state index is 0.904. The fraction of sp³-hybridized carbons (Fsp3) is 0.0769. The first-order valence-corrected chi connectivity index (χ1v) is 5.45. The maximum Gasteiger partial charge on any atom is 0.248 e. The van der Waals surface area contributed by atoms with E-state index in [1.165, 1.54) is 10.7 Å². The molecule has 0 fully saturated rings. The predicted octanol–water partition coefficient (Wildman–Crippen LogP) is 2.58. The van der Waals surface area contributed by atoms with Gasteiger partial charge in [0.1, 0.15) is 18.9 Å². The molecule has 0 saturated carbocycles. The second-order valence-corrected chi connectivity index (χ2v) is 3.48. The summed E-state index contributed by atoms with van der Waals surface area (Å²) in [5.41, 5.74) is 1.30. The molecule has 0 unspecified atom stereocenters. The van der Waals surface area contributed by atoms with Crippen molar-refractivity contribution < 1.29 is 4.57 Å². The van der Waals surface area contributed by atoms with Crippen LogP contribution in [0.1, 0.15) is 5.56 Å². The van der Waals surface area contributed by atoms with Gasteiger partial charge >= 0.3 is 0 Å². The molecule has 0 aliphatic carbocycles. The zero-order chi connectivity index (χ0) is 12.5. The molecule has 0 spiro atoms. The molecule has 0 bridgehead atoms. The molecule has 86 valence electrons. The maximum atomic E-state index is 7.13. The number of benzene rings is 1. The van der Waals surface area contributed by atoms with Gasteiger partial charge in [0.25, 0.3) is 0 Å². The second kappa shape index (κ2) is 7.28. The van der Waals surface area contributed by atoms with E-state index >= 15 is 0 Å². The first-order chi connectivity index (χ1) is 8.30. The fourth-order valence-electron chi connectivity index (χ4n) is 1.41. The molecular formula is C13H13N3S. The smallest absolute Gasteiger partial charge is 0.248 e. The minimum Gasteiger partial charge on any atom is -0.753 e. The Morgan fingerprint density at radius 1 is 1.41 bits per heavy atom. The number of imidazole rings is 1. The molecule has 17 heavy (non-hydrogen) atoms. The van der Waals surface area contributed by atoms with E-state index in [0.29, 0.717) is 0 Å². The van der Waals surface area contributed by atoms with E-state index in [-0.39, 0.29) is 0 Å². The van der Waals surface area contributed by atoms with Gasteiger partial charge in [-0.15, -0.1) is 0 Å². The Morgan fingerprint density at radius 2 is 2.06 bits per heavy atom. The van der Waals surface area contributed by atoms with E-state index < -0.39 is 0 Å². The summed E-state index contributed by atoms with van der Waals surface area (Å²) in [5, 5.41) is 8.47. The van der Waals surface area contributed by atoms with Crippen LogP contribution in [0.4, 0.5) is 0 Å². The van der Waals surface area contributed by atoms with E-state index in [0.717, 1.165) is 6.54 Å². The summed E-state index contributed by atoms with van der Waals surface area (Å²) in [6.45, 7) is 4.61. The third-order valence-electron chi connectivity index (χ3n) is 2.13. The van der Waals surface area contributed by atoms with Crippen molar-refractivity contribution >= 4 is 23.6 Å². The van der Waals surface area contributed by atoms with Crippen LogP contribution in [-0.4, -0.2) is 9.73 Å². The van der Waals surface area contributed by atoms with Gasteiger partial charge in [0.2, 0.25) is 6.33 Å². The highest BCUT2D eigenvalue weighted by Crippen LogP contribution is 1.97. The van der Waals surface area contributed by atoms with E-state index in [4.69, 9.17) is 5.41 Å². The van der Waals surface area contributed by atoms with Gasteiger partial charge in [0, 0.05) is 0 Å². The van der Waals surface area contributed by atoms with Crippen molar-refractivity contribution in [1.82, 2.24) is 4.57 Å². The lowest BCUT2D eigenvalue weighted by molar-refractivity contribution is -0.687. The molecule has 0 saturated heterocycles. The van der Waals surface area contributed by atoms with Crippen molar-refractivity contribution in [3.63, 3.8) is 0 Å².